The smallest absolute Gasteiger partial charge is 0.275 e. The standard InChI is InChI=1S/C22H21F2N7O2/c23-13-5-11(8-25)4-12(6-13)16-7-14(24)9-31(16)22(33)19-18-20(26-10-27-21(18)30-29-19)28-15-2-1-3-17(15)32/h4-6,10,14-17,32H,1-3,7,9H2,(H2,26,27,28,29,30)/t14-,15+,16?,17+/m0/s1. The summed E-state index contributed by atoms with van der Waals surface area (Å²) in [6, 6.07) is 4.68. The number of hydrogen-bond acceptors (Lipinski definition) is 7. The van der Waals surface area contributed by atoms with Gasteiger partial charge >= 0.3 is 0 Å². The lowest BCUT2D eigenvalue weighted by Crippen LogP contribution is -2.32. The Kier molecular flexibility index (Phi) is 5.38. The number of amides is 1. The second kappa shape index (κ2) is 8.37. The number of halogens is 2. The summed E-state index contributed by atoms with van der Waals surface area (Å²) in [5.74, 6) is -0.828. The molecule has 9 nitrogen and oxygen atoms in total. The number of nitriles is 1. The maximum Gasteiger partial charge on any atom is 0.275 e. The molecule has 2 fully saturated rings. The van der Waals surface area contributed by atoms with Crippen molar-refractivity contribution in [2.45, 2.75) is 50.0 Å². The second-order valence-electron chi connectivity index (χ2n) is 8.46. The van der Waals surface area contributed by atoms with Gasteiger partial charge in [0, 0.05) is 6.42 Å². The van der Waals surface area contributed by atoms with Crippen molar-refractivity contribution in [3.8, 4) is 6.07 Å². The first-order chi connectivity index (χ1) is 15.9. The molecule has 1 aliphatic carbocycles. The first-order valence-corrected chi connectivity index (χ1v) is 10.7. The predicted molar refractivity (Wildman–Crippen MR) is 113 cm³/mol. The molecule has 3 heterocycles. The molecule has 1 aromatic carbocycles. The van der Waals surface area contributed by atoms with Crippen molar-refractivity contribution in [1.82, 2.24) is 25.1 Å². The molecule has 1 unspecified atom stereocenters. The normalized spacial score (nSPS) is 24.8. The van der Waals surface area contributed by atoms with E-state index in [4.69, 9.17) is 5.26 Å². The van der Waals surface area contributed by atoms with E-state index >= 15 is 0 Å². The molecule has 0 bridgehead atoms. The Bertz CT molecular complexity index is 1260. The molecule has 0 radical (unpaired) electrons. The number of alkyl halides is 1. The van der Waals surface area contributed by atoms with Gasteiger partial charge in [-0.25, -0.2) is 18.7 Å². The first kappa shape index (κ1) is 21.2. The monoisotopic (exact) mass is 453 g/mol. The van der Waals surface area contributed by atoms with Gasteiger partial charge in [0.1, 0.15) is 24.1 Å². The lowest BCUT2D eigenvalue weighted by Gasteiger charge is -2.24. The maximum absolute atomic E-state index is 14.5. The average molecular weight is 453 g/mol. The van der Waals surface area contributed by atoms with Crippen LogP contribution in [0.25, 0.3) is 11.0 Å². The number of H-pyrrole nitrogens is 1. The summed E-state index contributed by atoms with van der Waals surface area (Å²) in [6.45, 7) is -0.186. The van der Waals surface area contributed by atoms with Gasteiger partial charge in [-0.15, -0.1) is 0 Å². The van der Waals surface area contributed by atoms with Gasteiger partial charge in [0.05, 0.1) is 41.8 Å². The first-order valence-electron chi connectivity index (χ1n) is 10.7. The largest absolute Gasteiger partial charge is 0.391 e. The van der Waals surface area contributed by atoms with E-state index in [0.717, 1.165) is 18.9 Å². The van der Waals surface area contributed by atoms with E-state index < -0.39 is 30.0 Å². The summed E-state index contributed by atoms with van der Waals surface area (Å²) in [5, 5.41) is 29.7. The number of fused-ring (bicyclic) bond motifs is 1. The van der Waals surface area contributed by atoms with E-state index in [1.165, 1.54) is 23.4 Å². The van der Waals surface area contributed by atoms with Crippen LogP contribution in [0.3, 0.4) is 0 Å². The number of aromatic amines is 1. The number of aliphatic hydroxyl groups excluding tert-OH is 1. The SMILES string of the molecule is N#Cc1cc(F)cc(C2C[C@H](F)CN2C(=O)c2n[nH]c3ncnc(N[C@@H]4CCC[C@H]4O)c23)c1. The van der Waals surface area contributed by atoms with E-state index in [1.54, 1.807) is 0 Å². The molecule has 1 aliphatic heterocycles. The predicted octanol–water partition coefficient (Wildman–Crippen LogP) is 2.61. The van der Waals surface area contributed by atoms with Crippen molar-refractivity contribution in [2.24, 2.45) is 0 Å². The van der Waals surface area contributed by atoms with Crippen molar-refractivity contribution in [2.75, 3.05) is 11.9 Å². The van der Waals surface area contributed by atoms with Gasteiger partial charge in [0.25, 0.3) is 5.91 Å². The molecule has 2 aromatic heterocycles. The lowest BCUT2D eigenvalue weighted by atomic mass is 10.0. The minimum atomic E-state index is -1.31. The molecule has 2 aliphatic rings. The van der Waals surface area contributed by atoms with Crippen molar-refractivity contribution < 1.29 is 18.7 Å². The Balaban J connectivity index is 1.51. The Hall–Kier alpha value is -3.65. The number of hydrogen-bond donors (Lipinski definition) is 3. The third kappa shape index (κ3) is 3.87. The van der Waals surface area contributed by atoms with Gasteiger partial charge in [-0.2, -0.15) is 10.4 Å². The van der Waals surface area contributed by atoms with Crippen molar-refractivity contribution in [3.05, 3.63) is 47.2 Å². The zero-order valence-corrected chi connectivity index (χ0v) is 17.5. The summed E-state index contributed by atoms with van der Waals surface area (Å²) >= 11 is 0. The molecule has 1 amide bonds. The number of nitrogens with one attached hydrogen (secondary N) is 2. The number of likely N-dealkylation sites (tertiary alicyclic amines) is 1. The Morgan fingerprint density at radius 2 is 2.15 bits per heavy atom. The number of carbonyl (C=O) groups is 1. The highest BCUT2D eigenvalue weighted by Crippen LogP contribution is 2.37. The van der Waals surface area contributed by atoms with Crippen LogP contribution in [-0.2, 0) is 0 Å². The number of aliphatic hydroxyl groups is 1. The molecule has 1 saturated heterocycles. The third-order valence-corrected chi connectivity index (χ3v) is 6.31. The minimum absolute atomic E-state index is 0.0107. The topological polar surface area (TPSA) is 131 Å². The molecular formula is C22H21F2N7O2. The average Bonchev–Trinajstić information content (AvgIpc) is 3.52. The molecular weight excluding hydrogens is 432 g/mol. The quantitative estimate of drug-likeness (QED) is 0.553. The third-order valence-electron chi connectivity index (χ3n) is 6.31. The Labute approximate surface area is 187 Å². The van der Waals surface area contributed by atoms with Crippen LogP contribution < -0.4 is 5.32 Å². The molecule has 170 valence electrons. The number of carbonyl (C=O) groups excluding carboxylic acids is 1. The zero-order valence-electron chi connectivity index (χ0n) is 17.5. The molecule has 0 spiro atoms. The molecule has 5 rings (SSSR count). The fourth-order valence-electron chi connectivity index (χ4n) is 4.74. The summed E-state index contributed by atoms with van der Waals surface area (Å²) in [6.07, 6.45) is 1.78. The highest BCUT2D eigenvalue weighted by molar-refractivity contribution is 6.07. The van der Waals surface area contributed by atoms with Crippen LogP contribution in [0.15, 0.2) is 24.5 Å². The Morgan fingerprint density at radius 3 is 2.91 bits per heavy atom. The Morgan fingerprint density at radius 1 is 1.30 bits per heavy atom. The number of benzene rings is 1. The molecule has 1 saturated carbocycles. The molecule has 3 aromatic rings. The van der Waals surface area contributed by atoms with E-state index in [9.17, 15) is 18.7 Å². The van der Waals surface area contributed by atoms with Crippen LogP contribution in [0.2, 0.25) is 0 Å². The van der Waals surface area contributed by atoms with Crippen LogP contribution in [0.4, 0.5) is 14.6 Å². The number of aromatic nitrogens is 4. The van der Waals surface area contributed by atoms with Crippen molar-refractivity contribution >= 4 is 22.8 Å². The fourth-order valence-corrected chi connectivity index (χ4v) is 4.74. The number of anilines is 1. The van der Waals surface area contributed by atoms with Crippen molar-refractivity contribution in [1.29, 1.82) is 5.26 Å². The van der Waals surface area contributed by atoms with Crippen LogP contribution in [-0.4, -0.2) is 60.9 Å². The number of nitrogens with zero attached hydrogens (tertiary/aromatic N) is 5. The van der Waals surface area contributed by atoms with Gasteiger partial charge in [-0.1, -0.05) is 0 Å². The fraction of sp³-hybridized carbons (Fsp3) is 0.409. The molecule has 11 heteroatoms. The maximum atomic E-state index is 14.5. The second-order valence-corrected chi connectivity index (χ2v) is 8.46. The van der Waals surface area contributed by atoms with E-state index in [2.05, 4.69) is 25.5 Å². The summed E-state index contributed by atoms with van der Waals surface area (Å²) in [4.78, 5) is 23.2. The van der Waals surface area contributed by atoms with E-state index in [0.29, 0.717) is 28.8 Å². The van der Waals surface area contributed by atoms with Crippen LogP contribution in [0.1, 0.15) is 53.3 Å². The summed E-state index contributed by atoms with van der Waals surface area (Å²) in [5.41, 5.74) is 0.786. The summed E-state index contributed by atoms with van der Waals surface area (Å²) in [7, 11) is 0. The van der Waals surface area contributed by atoms with E-state index in [-0.39, 0.29) is 30.3 Å². The number of rotatable bonds is 4. The lowest BCUT2D eigenvalue weighted by molar-refractivity contribution is 0.0724. The van der Waals surface area contributed by atoms with Gasteiger partial charge < -0.3 is 15.3 Å². The van der Waals surface area contributed by atoms with Crippen LogP contribution in [0, 0.1) is 17.1 Å². The van der Waals surface area contributed by atoms with E-state index in [1.807, 2.05) is 6.07 Å². The molecule has 3 N–H and O–H groups in total. The molecule has 33 heavy (non-hydrogen) atoms. The summed E-state index contributed by atoms with van der Waals surface area (Å²) < 4.78 is 28.5. The van der Waals surface area contributed by atoms with Crippen LogP contribution >= 0.6 is 0 Å². The van der Waals surface area contributed by atoms with Gasteiger partial charge in [-0.05, 0) is 43.0 Å². The molecule has 4 atom stereocenters. The van der Waals surface area contributed by atoms with Crippen molar-refractivity contribution in [3.63, 3.8) is 0 Å². The van der Waals surface area contributed by atoms with Gasteiger partial charge in [0.2, 0.25) is 0 Å². The highest BCUT2D eigenvalue weighted by Gasteiger charge is 2.39. The highest BCUT2D eigenvalue weighted by atomic mass is 19.1. The van der Waals surface area contributed by atoms with Gasteiger partial charge in [0.15, 0.2) is 11.3 Å². The van der Waals surface area contributed by atoms with Crippen LogP contribution in [0.5, 0.6) is 0 Å². The zero-order chi connectivity index (χ0) is 23.1. The van der Waals surface area contributed by atoms with Gasteiger partial charge in [-0.3, -0.25) is 9.89 Å². The minimum Gasteiger partial charge on any atom is -0.391 e.